The first-order valence-electron chi connectivity index (χ1n) is 9.45. The number of aliphatic hydroxyl groups is 1. The van der Waals surface area contributed by atoms with Crippen molar-refractivity contribution in [3.63, 3.8) is 0 Å². The molecule has 0 saturated carbocycles. The van der Waals surface area contributed by atoms with Gasteiger partial charge in [-0.15, -0.1) is 0 Å². The Kier molecular flexibility index (Phi) is 6.50. The van der Waals surface area contributed by atoms with Gasteiger partial charge in [-0.2, -0.15) is 0 Å². The number of nitrogens with one attached hydrogen (secondary N) is 1. The van der Waals surface area contributed by atoms with Crippen LogP contribution >= 0.6 is 0 Å². The second-order valence-electron chi connectivity index (χ2n) is 6.92. The topological polar surface area (TPSA) is 108 Å². The molecule has 0 radical (unpaired) electrons. The van der Waals surface area contributed by atoms with Gasteiger partial charge < -0.3 is 24.8 Å². The summed E-state index contributed by atoms with van der Waals surface area (Å²) in [4.78, 5) is 39.1. The van der Waals surface area contributed by atoms with E-state index in [0.717, 1.165) is 16.0 Å². The van der Waals surface area contributed by atoms with E-state index in [1.54, 1.807) is 17.0 Å². The van der Waals surface area contributed by atoms with Crippen LogP contribution in [0, 0.1) is 13.8 Å². The number of morpholine rings is 1. The zero-order valence-corrected chi connectivity index (χ0v) is 16.6. The van der Waals surface area contributed by atoms with Crippen molar-refractivity contribution in [1.82, 2.24) is 9.80 Å². The number of amides is 3. The number of hydrogen-bond donors (Lipinski definition) is 2. The molecule has 156 valence electrons. The Labute approximate surface area is 168 Å². The first-order valence-corrected chi connectivity index (χ1v) is 9.45. The SMILES string of the molecule is Cc1cc(NC2=CC(=O)N(CCO)C2=O)cc(C)c1OCC(=O)N1CCOCC1. The molecule has 3 rings (SSSR count). The minimum atomic E-state index is -0.476. The van der Waals surface area contributed by atoms with E-state index in [1.165, 1.54) is 6.08 Å². The predicted octanol–water partition coefficient (Wildman–Crippen LogP) is 0.198. The second-order valence-corrected chi connectivity index (χ2v) is 6.92. The van der Waals surface area contributed by atoms with E-state index >= 15 is 0 Å². The van der Waals surface area contributed by atoms with Gasteiger partial charge in [-0.3, -0.25) is 19.3 Å². The van der Waals surface area contributed by atoms with Gasteiger partial charge in [0.1, 0.15) is 11.4 Å². The lowest BCUT2D eigenvalue weighted by Gasteiger charge is -2.27. The van der Waals surface area contributed by atoms with Crippen molar-refractivity contribution in [2.75, 3.05) is 51.4 Å². The molecule has 0 atom stereocenters. The van der Waals surface area contributed by atoms with Gasteiger partial charge in [0, 0.05) is 24.9 Å². The van der Waals surface area contributed by atoms with Gasteiger partial charge in [0.15, 0.2) is 6.61 Å². The molecular formula is C20H25N3O6. The van der Waals surface area contributed by atoms with Crippen LogP contribution in [-0.4, -0.2) is 78.7 Å². The van der Waals surface area contributed by atoms with Gasteiger partial charge in [0.25, 0.3) is 17.7 Å². The standard InChI is InChI=1S/C20H25N3O6/c1-13-9-15(21-16-11-17(25)23(3-6-24)20(16)27)10-14(2)19(13)29-12-18(26)22-4-7-28-8-5-22/h9-11,21,24H,3-8,12H2,1-2H3. The Hall–Kier alpha value is -2.91. The molecule has 0 aliphatic carbocycles. The Morgan fingerprint density at radius 2 is 1.86 bits per heavy atom. The fraction of sp³-hybridized carbons (Fsp3) is 0.450. The molecule has 1 aromatic carbocycles. The average molecular weight is 403 g/mol. The van der Waals surface area contributed by atoms with Gasteiger partial charge in [-0.25, -0.2) is 0 Å². The minimum Gasteiger partial charge on any atom is -0.483 e. The number of hydrogen-bond acceptors (Lipinski definition) is 7. The van der Waals surface area contributed by atoms with Crippen LogP contribution in [-0.2, 0) is 19.1 Å². The summed E-state index contributed by atoms with van der Waals surface area (Å²) in [5.41, 5.74) is 2.38. The van der Waals surface area contributed by atoms with Crippen LogP contribution in [0.3, 0.4) is 0 Å². The maximum Gasteiger partial charge on any atom is 0.277 e. The number of ether oxygens (including phenoxy) is 2. The minimum absolute atomic E-state index is 0.0403. The van der Waals surface area contributed by atoms with Gasteiger partial charge in [0.05, 0.1) is 26.4 Å². The molecule has 29 heavy (non-hydrogen) atoms. The number of aliphatic hydroxyl groups excluding tert-OH is 1. The smallest absolute Gasteiger partial charge is 0.277 e. The molecule has 9 nitrogen and oxygen atoms in total. The summed E-state index contributed by atoms with van der Waals surface area (Å²) in [5, 5.41) is 11.9. The third-order valence-electron chi connectivity index (χ3n) is 4.78. The quantitative estimate of drug-likeness (QED) is 0.626. The summed E-state index contributed by atoms with van der Waals surface area (Å²) >= 11 is 0. The largest absolute Gasteiger partial charge is 0.483 e. The first kappa shape index (κ1) is 20.8. The number of aryl methyl sites for hydroxylation is 2. The molecule has 0 aromatic heterocycles. The number of anilines is 1. The Morgan fingerprint density at radius 3 is 2.48 bits per heavy atom. The summed E-state index contributed by atoms with van der Waals surface area (Å²) < 4.78 is 11.0. The van der Waals surface area contributed by atoms with Gasteiger partial charge >= 0.3 is 0 Å². The number of carbonyl (C=O) groups is 3. The van der Waals surface area contributed by atoms with E-state index in [4.69, 9.17) is 14.6 Å². The lowest BCUT2D eigenvalue weighted by molar-refractivity contribution is -0.138. The van der Waals surface area contributed by atoms with Crippen molar-refractivity contribution in [3.8, 4) is 5.75 Å². The van der Waals surface area contributed by atoms with Gasteiger partial charge in [-0.05, 0) is 37.1 Å². The number of rotatable bonds is 7. The van der Waals surface area contributed by atoms with Crippen LogP contribution in [0.1, 0.15) is 11.1 Å². The molecule has 1 saturated heterocycles. The highest BCUT2D eigenvalue weighted by atomic mass is 16.5. The van der Waals surface area contributed by atoms with Crippen LogP contribution < -0.4 is 10.1 Å². The Balaban J connectivity index is 1.65. The van der Waals surface area contributed by atoms with E-state index < -0.39 is 11.8 Å². The van der Waals surface area contributed by atoms with Crippen molar-refractivity contribution in [3.05, 3.63) is 35.0 Å². The predicted molar refractivity (Wildman–Crippen MR) is 104 cm³/mol. The number of imide groups is 1. The molecule has 9 heteroatoms. The highest BCUT2D eigenvalue weighted by Gasteiger charge is 2.30. The first-order chi connectivity index (χ1) is 13.9. The zero-order chi connectivity index (χ0) is 21.0. The summed E-state index contributed by atoms with van der Waals surface area (Å²) in [6, 6.07) is 3.57. The van der Waals surface area contributed by atoms with Crippen LogP contribution in [0.4, 0.5) is 5.69 Å². The average Bonchev–Trinajstić information content (AvgIpc) is 2.95. The molecule has 0 unspecified atom stereocenters. The molecule has 2 heterocycles. The maximum absolute atomic E-state index is 12.3. The third-order valence-corrected chi connectivity index (χ3v) is 4.78. The van der Waals surface area contributed by atoms with E-state index in [9.17, 15) is 14.4 Å². The van der Waals surface area contributed by atoms with Gasteiger partial charge in [0.2, 0.25) is 0 Å². The molecule has 2 N–H and O–H groups in total. The van der Waals surface area contributed by atoms with Gasteiger partial charge in [-0.1, -0.05) is 0 Å². The van der Waals surface area contributed by atoms with E-state index in [2.05, 4.69) is 5.32 Å². The Morgan fingerprint density at radius 1 is 1.21 bits per heavy atom. The fourth-order valence-electron chi connectivity index (χ4n) is 3.35. The number of carbonyl (C=O) groups excluding carboxylic acids is 3. The number of nitrogens with zero attached hydrogens (tertiary/aromatic N) is 2. The lowest BCUT2D eigenvalue weighted by atomic mass is 10.1. The lowest BCUT2D eigenvalue weighted by Crippen LogP contribution is -2.43. The van der Waals surface area contributed by atoms with E-state index in [-0.39, 0.29) is 31.4 Å². The third kappa shape index (κ3) is 4.75. The van der Waals surface area contributed by atoms with Crippen molar-refractivity contribution >= 4 is 23.4 Å². The molecule has 2 aliphatic heterocycles. The summed E-state index contributed by atoms with van der Waals surface area (Å²) in [7, 11) is 0. The van der Waals surface area contributed by atoms with Crippen LogP contribution in [0.2, 0.25) is 0 Å². The second kappa shape index (κ2) is 9.06. The van der Waals surface area contributed by atoms with E-state index in [1.807, 2.05) is 13.8 Å². The van der Waals surface area contributed by atoms with E-state index in [0.29, 0.717) is 37.7 Å². The van der Waals surface area contributed by atoms with Crippen LogP contribution in [0.5, 0.6) is 5.75 Å². The molecule has 3 amide bonds. The monoisotopic (exact) mass is 403 g/mol. The highest BCUT2D eigenvalue weighted by Crippen LogP contribution is 2.28. The highest BCUT2D eigenvalue weighted by molar-refractivity contribution is 6.17. The normalized spacial score (nSPS) is 16.9. The summed E-state index contributed by atoms with van der Waals surface area (Å²) in [6.07, 6.45) is 1.22. The fourth-order valence-corrected chi connectivity index (χ4v) is 3.35. The number of benzene rings is 1. The molecular weight excluding hydrogens is 378 g/mol. The molecule has 1 aromatic rings. The molecule has 0 bridgehead atoms. The van der Waals surface area contributed by atoms with Crippen molar-refractivity contribution in [2.24, 2.45) is 0 Å². The van der Waals surface area contributed by atoms with Crippen molar-refractivity contribution in [2.45, 2.75) is 13.8 Å². The number of β-amino-alcohol motifs (C(OH)–C–C–N with tert-alkyl or cyclic N) is 1. The maximum atomic E-state index is 12.3. The summed E-state index contributed by atoms with van der Waals surface area (Å²) in [6.45, 7) is 5.53. The molecule has 2 aliphatic rings. The van der Waals surface area contributed by atoms with Crippen molar-refractivity contribution < 1.29 is 29.0 Å². The Bertz CT molecular complexity index is 822. The molecule has 0 spiro atoms. The van der Waals surface area contributed by atoms with Crippen molar-refractivity contribution in [1.29, 1.82) is 0 Å². The van der Waals surface area contributed by atoms with Crippen LogP contribution in [0.25, 0.3) is 0 Å². The van der Waals surface area contributed by atoms with Crippen LogP contribution in [0.15, 0.2) is 23.9 Å². The summed E-state index contributed by atoms with van der Waals surface area (Å²) in [5.74, 6) is -0.405. The zero-order valence-electron chi connectivity index (χ0n) is 16.6. The molecule has 1 fully saturated rings.